The van der Waals surface area contributed by atoms with E-state index in [2.05, 4.69) is 15.6 Å². The molecule has 0 radical (unpaired) electrons. The molecule has 0 bridgehead atoms. The number of ether oxygens (including phenoxy) is 3. The molecule has 1 fully saturated rings. The molecule has 1 aliphatic heterocycles. The Morgan fingerprint density at radius 1 is 0.852 bits per heavy atom. The monoisotopic (exact) mass is 747 g/mol. The lowest BCUT2D eigenvalue weighted by atomic mass is 9.99. The number of methoxy groups -OCH3 is 1. The van der Waals surface area contributed by atoms with Crippen molar-refractivity contribution >= 4 is 29.7 Å². The molecule has 6 rings (SSSR count). The van der Waals surface area contributed by atoms with Crippen molar-refractivity contribution in [1.29, 1.82) is 0 Å². The highest BCUT2D eigenvalue weighted by molar-refractivity contribution is 7.99. The van der Waals surface area contributed by atoms with E-state index in [-0.39, 0.29) is 30.9 Å². The molecular weight excluding hydrogens is 707 g/mol. The Morgan fingerprint density at radius 2 is 1.59 bits per heavy atom. The number of esters is 1. The zero-order valence-corrected chi connectivity index (χ0v) is 30.4. The maximum atomic E-state index is 12.8. The molecule has 1 aromatic heterocycles. The molecule has 4 unspecified atom stereocenters. The molecule has 0 aliphatic carbocycles. The zero-order chi connectivity index (χ0) is 37.9. The average Bonchev–Trinajstić information content (AvgIpc) is 3.22. The summed E-state index contributed by atoms with van der Waals surface area (Å²) in [5, 5.41) is 25.2. The van der Waals surface area contributed by atoms with E-state index in [1.54, 1.807) is 12.3 Å². The number of hydrogen-bond donors (Lipinski definition) is 4. The van der Waals surface area contributed by atoms with Gasteiger partial charge in [0, 0.05) is 36.9 Å². The molecule has 4 N–H and O–H groups in total. The molecule has 2 heterocycles. The highest BCUT2D eigenvalue weighted by Gasteiger charge is 2.33. The van der Waals surface area contributed by atoms with Gasteiger partial charge in [0.15, 0.2) is 6.29 Å². The number of carbonyl (C=O) groups is 3. The Hall–Kier alpha value is -5.53. The molecule has 278 valence electrons. The number of nitrogens with zero attached hydrogens (tertiary/aromatic N) is 1. The number of amides is 2. The summed E-state index contributed by atoms with van der Waals surface area (Å²) in [6.45, 7) is 0.188. The van der Waals surface area contributed by atoms with Crippen LogP contribution in [0, 0.1) is 0 Å². The van der Waals surface area contributed by atoms with Crippen molar-refractivity contribution in [2.45, 2.75) is 55.6 Å². The molecule has 0 saturated carbocycles. The molecule has 1 saturated heterocycles. The van der Waals surface area contributed by atoms with E-state index in [1.807, 2.05) is 103 Å². The standard InChI is InChI=1S/C42H41N3O8S/c1-51-40(49)36(22-27-7-3-2-4-8-27)45-42(50)44-24-29-9-5-10-33(21-29)30-16-18-32(19-17-30)41-52-34(26-54-38-35(39(47)48)11-6-20-43-38)23-37(53-41)31-14-12-28(25-46)13-15-31/h2-21,34,36-37,41,46H,22-26H2,1H3,(H,47,48)(H2,44,45,50). The normalized spacial score (nSPS) is 17.3. The third-order valence-corrected chi connectivity index (χ3v) is 10.1. The van der Waals surface area contributed by atoms with Crippen LogP contribution < -0.4 is 10.6 Å². The van der Waals surface area contributed by atoms with E-state index in [9.17, 15) is 24.6 Å². The summed E-state index contributed by atoms with van der Waals surface area (Å²) in [6.07, 6.45) is 1.17. The van der Waals surface area contributed by atoms with Gasteiger partial charge in [-0.3, -0.25) is 0 Å². The van der Waals surface area contributed by atoms with Gasteiger partial charge in [0.1, 0.15) is 11.1 Å². The third kappa shape index (κ3) is 10.1. The number of carbonyl (C=O) groups excluding carboxylic acids is 2. The predicted octanol–water partition coefficient (Wildman–Crippen LogP) is 6.86. The number of carboxylic acid groups (broad SMARTS) is 1. The van der Waals surface area contributed by atoms with Gasteiger partial charge in [-0.1, -0.05) is 97.1 Å². The topological polar surface area (TPSA) is 156 Å². The van der Waals surface area contributed by atoms with Crippen LogP contribution in [-0.2, 0) is 38.6 Å². The van der Waals surface area contributed by atoms with Crippen molar-refractivity contribution in [3.63, 3.8) is 0 Å². The van der Waals surface area contributed by atoms with Gasteiger partial charge >= 0.3 is 18.0 Å². The minimum Gasteiger partial charge on any atom is -0.478 e. The average molecular weight is 748 g/mol. The maximum absolute atomic E-state index is 12.8. The Bertz CT molecular complexity index is 2030. The van der Waals surface area contributed by atoms with Gasteiger partial charge in [-0.05, 0) is 51.6 Å². The number of aromatic carboxylic acids is 1. The van der Waals surface area contributed by atoms with Crippen LogP contribution in [0.2, 0.25) is 0 Å². The Balaban J connectivity index is 1.12. The van der Waals surface area contributed by atoms with Crippen molar-refractivity contribution in [2.24, 2.45) is 0 Å². The highest BCUT2D eigenvalue weighted by Crippen LogP contribution is 2.40. The van der Waals surface area contributed by atoms with Crippen molar-refractivity contribution in [3.8, 4) is 11.1 Å². The second kappa shape index (κ2) is 18.5. The predicted molar refractivity (Wildman–Crippen MR) is 204 cm³/mol. The van der Waals surface area contributed by atoms with Crippen molar-refractivity contribution in [1.82, 2.24) is 15.6 Å². The van der Waals surface area contributed by atoms with Gasteiger partial charge in [0.2, 0.25) is 0 Å². The van der Waals surface area contributed by atoms with Gasteiger partial charge in [0.25, 0.3) is 0 Å². The number of aromatic nitrogens is 1. The lowest BCUT2D eigenvalue weighted by Gasteiger charge is -2.36. The largest absolute Gasteiger partial charge is 0.478 e. The number of hydrogen-bond acceptors (Lipinski definition) is 9. The molecule has 12 heteroatoms. The van der Waals surface area contributed by atoms with Gasteiger partial charge < -0.3 is 35.1 Å². The maximum Gasteiger partial charge on any atom is 0.338 e. The van der Waals surface area contributed by atoms with Gasteiger partial charge in [-0.25, -0.2) is 19.4 Å². The van der Waals surface area contributed by atoms with E-state index >= 15 is 0 Å². The number of urea groups is 1. The summed E-state index contributed by atoms with van der Waals surface area (Å²) in [4.78, 5) is 41.2. The summed E-state index contributed by atoms with van der Waals surface area (Å²) in [7, 11) is 1.30. The number of benzene rings is 4. The number of thioether (sulfide) groups is 1. The van der Waals surface area contributed by atoms with Crippen LogP contribution in [-0.4, -0.2) is 58.2 Å². The van der Waals surface area contributed by atoms with E-state index in [0.717, 1.165) is 38.9 Å². The number of carboxylic acids is 1. The lowest BCUT2D eigenvalue weighted by molar-refractivity contribution is -0.245. The fourth-order valence-corrected chi connectivity index (χ4v) is 7.14. The first kappa shape index (κ1) is 38.2. The van der Waals surface area contributed by atoms with Gasteiger partial charge in [-0.2, -0.15) is 0 Å². The fourth-order valence-electron chi connectivity index (χ4n) is 6.13. The van der Waals surface area contributed by atoms with E-state index in [4.69, 9.17) is 14.2 Å². The molecule has 5 aromatic rings. The first-order valence-corrected chi connectivity index (χ1v) is 18.4. The first-order chi connectivity index (χ1) is 26.3. The Labute approximate surface area is 317 Å². The minimum atomic E-state index is -1.03. The summed E-state index contributed by atoms with van der Waals surface area (Å²) in [5.74, 6) is -1.09. The molecule has 2 amide bonds. The number of aliphatic hydroxyl groups excluding tert-OH is 1. The quantitative estimate of drug-likeness (QED) is 0.0699. The van der Waals surface area contributed by atoms with Crippen LogP contribution in [0.25, 0.3) is 11.1 Å². The first-order valence-electron chi connectivity index (χ1n) is 17.5. The molecule has 0 spiro atoms. The fraction of sp³-hybridized carbons (Fsp3) is 0.238. The second-order valence-corrected chi connectivity index (χ2v) is 13.7. The summed E-state index contributed by atoms with van der Waals surface area (Å²) in [6, 6.07) is 34.6. The molecule has 1 aliphatic rings. The summed E-state index contributed by atoms with van der Waals surface area (Å²) >= 11 is 1.34. The summed E-state index contributed by atoms with van der Waals surface area (Å²) in [5.41, 5.74) is 6.39. The zero-order valence-electron chi connectivity index (χ0n) is 29.6. The van der Waals surface area contributed by atoms with Crippen LogP contribution in [0.4, 0.5) is 4.79 Å². The smallest absolute Gasteiger partial charge is 0.338 e. The Morgan fingerprint density at radius 3 is 2.31 bits per heavy atom. The molecule has 4 atom stereocenters. The number of aliphatic hydroxyl groups is 1. The number of pyridine rings is 1. The van der Waals surface area contributed by atoms with Crippen molar-refractivity contribution in [2.75, 3.05) is 12.9 Å². The highest BCUT2D eigenvalue weighted by atomic mass is 32.2. The van der Waals surface area contributed by atoms with Gasteiger partial charge in [-0.15, -0.1) is 11.8 Å². The molecular formula is C42H41N3O8S. The van der Waals surface area contributed by atoms with Crippen molar-refractivity contribution in [3.05, 3.63) is 155 Å². The van der Waals surface area contributed by atoms with Crippen LogP contribution in [0.3, 0.4) is 0 Å². The lowest BCUT2D eigenvalue weighted by Crippen LogP contribution is -2.47. The molecule has 11 nitrogen and oxygen atoms in total. The van der Waals surface area contributed by atoms with Crippen LogP contribution >= 0.6 is 11.8 Å². The second-order valence-electron chi connectivity index (χ2n) is 12.7. The summed E-state index contributed by atoms with van der Waals surface area (Å²) < 4.78 is 17.9. The van der Waals surface area contributed by atoms with Crippen LogP contribution in [0.1, 0.15) is 57.0 Å². The Kier molecular flexibility index (Phi) is 13.1. The minimum absolute atomic E-state index is 0.0550. The van der Waals surface area contributed by atoms with E-state index in [1.165, 1.54) is 24.9 Å². The number of rotatable bonds is 14. The van der Waals surface area contributed by atoms with Crippen LogP contribution in [0.15, 0.2) is 126 Å². The molecule has 54 heavy (non-hydrogen) atoms. The van der Waals surface area contributed by atoms with Crippen molar-refractivity contribution < 1.29 is 38.8 Å². The van der Waals surface area contributed by atoms with E-state index < -0.39 is 30.3 Å². The third-order valence-electron chi connectivity index (χ3n) is 8.99. The van der Waals surface area contributed by atoms with Crippen LogP contribution in [0.5, 0.6) is 0 Å². The number of nitrogens with one attached hydrogen (secondary N) is 2. The SMILES string of the molecule is COC(=O)C(Cc1ccccc1)NC(=O)NCc1cccc(-c2ccc(C3OC(CSc4ncccc4C(=O)O)CC(c4ccc(CO)cc4)O3)cc2)c1. The van der Waals surface area contributed by atoms with E-state index in [0.29, 0.717) is 23.6 Å². The molecule has 4 aromatic carbocycles. The van der Waals surface area contributed by atoms with Gasteiger partial charge in [0.05, 0.1) is 31.5 Å².